The van der Waals surface area contributed by atoms with Gasteiger partial charge in [0.1, 0.15) is 0 Å². The van der Waals surface area contributed by atoms with Crippen molar-refractivity contribution in [2.24, 2.45) is 0 Å². The standard InChI is InChI=1S/C5H11N/c1-6-4-2-3-5-6/h6H,1-5H2. The second kappa shape index (κ2) is 1.61. The molecule has 0 saturated carbocycles. The third-order valence-electron chi connectivity index (χ3n) is 1.31. The first-order chi connectivity index (χ1) is 2.89. The molecular formula is C5H11N. The maximum absolute atomic E-state index is 3.85. The average molecular weight is 85.2 g/mol. The first kappa shape index (κ1) is 4.13. The van der Waals surface area contributed by atoms with Gasteiger partial charge in [0.25, 0.3) is 0 Å². The molecule has 0 aromatic carbocycles. The molecule has 1 heteroatoms. The van der Waals surface area contributed by atoms with E-state index in [1.807, 2.05) is 0 Å². The molecule has 1 aliphatic rings. The number of rotatable bonds is 0. The highest BCUT2D eigenvalue weighted by molar-refractivity contribution is 4.42. The van der Waals surface area contributed by atoms with Crippen molar-refractivity contribution in [1.82, 2.24) is 0 Å². The number of likely N-dealkylation sites (tertiary alicyclic amines) is 1. The monoisotopic (exact) mass is 85.1 g/mol. The van der Waals surface area contributed by atoms with E-state index in [0.717, 1.165) is 0 Å². The maximum atomic E-state index is 3.85. The summed E-state index contributed by atoms with van der Waals surface area (Å²) < 4.78 is 0. The summed E-state index contributed by atoms with van der Waals surface area (Å²) in [5, 5.41) is 0. The van der Waals surface area contributed by atoms with E-state index in [2.05, 4.69) is 7.05 Å². The lowest BCUT2D eigenvalue weighted by Crippen LogP contribution is -3.04. The second-order valence-electron chi connectivity index (χ2n) is 1.96. The van der Waals surface area contributed by atoms with Gasteiger partial charge in [0.05, 0.1) is 13.1 Å². The summed E-state index contributed by atoms with van der Waals surface area (Å²) >= 11 is 0. The van der Waals surface area contributed by atoms with E-state index < -0.39 is 0 Å². The van der Waals surface area contributed by atoms with Gasteiger partial charge in [-0.2, -0.15) is 7.05 Å². The van der Waals surface area contributed by atoms with Crippen LogP contribution in [0, 0.1) is 7.05 Å². The smallest absolute Gasteiger partial charge is 0.0532 e. The second-order valence-corrected chi connectivity index (χ2v) is 1.96. The Morgan fingerprint density at radius 2 is 1.67 bits per heavy atom. The Bertz CT molecular complexity index is 37.2. The van der Waals surface area contributed by atoms with E-state index in [0.29, 0.717) is 0 Å². The topological polar surface area (TPSA) is 4.44 Å². The van der Waals surface area contributed by atoms with Gasteiger partial charge < -0.3 is 4.90 Å². The average Bonchev–Trinajstić information content (AvgIpc) is 1.86. The number of hydrogen-bond acceptors (Lipinski definition) is 0. The quantitative estimate of drug-likeness (QED) is 0.377. The van der Waals surface area contributed by atoms with Crippen molar-refractivity contribution in [1.29, 1.82) is 0 Å². The van der Waals surface area contributed by atoms with Crippen LogP contribution in [0.3, 0.4) is 0 Å². The van der Waals surface area contributed by atoms with E-state index in [1.165, 1.54) is 30.8 Å². The van der Waals surface area contributed by atoms with Crippen molar-refractivity contribution in [3.63, 3.8) is 0 Å². The normalized spacial score (nSPS) is 25.5. The minimum absolute atomic E-state index is 1.29. The van der Waals surface area contributed by atoms with Crippen LogP contribution < -0.4 is 4.90 Å². The summed E-state index contributed by atoms with van der Waals surface area (Å²) in [6.07, 6.45) is 2.78. The maximum Gasteiger partial charge on any atom is 0.0532 e. The lowest BCUT2D eigenvalue weighted by atomic mass is 10.4. The van der Waals surface area contributed by atoms with Crippen LogP contribution in [0.5, 0.6) is 0 Å². The zero-order valence-corrected chi connectivity index (χ0v) is 4.04. The molecule has 0 unspecified atom stereocenters. The largest absolute Gasteiger partial charge is 0.468 e. The molecule has 1 rings (SSSR count). The molecule has 6 heavy (non-hydrogen) atoms. The lowest BCUT2D eigenvalue weighted by Gasteiger charge is -2.09. The molecule has 0 atom stereocenters. The molecule has 1 nitrogen and oxygen atoms in total. The Hall–Kier alpha value is -0.0400. The molecule has 1 fully saturated rings. The van der Waals surface area contributed by atoms with Gasteiger partial charge >= 0.3 is 0 Å². The molecular weight excluding hydrogens is 74.1 g/mol. The molecule has 0 aromatic rings. The molecule has 0 aliphatic carbocycles. The summed E-state index contributed by atoms with van der Waals surface area (Å²) in [6, 6.07) is 0. The highest BCUT2D eigenvalue weighted by atomic mass is 15.1. The van der Waals surface area contributed by atoms with Crippen LogP contribution in [0.1, 0.15) is 12.8 Å². The Kier molecular flexibility index (Phi) is 1.10. The number of quaternary nitrogens is 1. The molecule has 0 spiro atoms. The molecule has 0 aromatic heterocycles. The van der Waals surface area contributed by atoms with Gasteiger partial charge in [0.2, 0.25) is 0 Å². The van der Waals surface area contributed by atoms with E-state index in [-0.39, 0.29) is 0 Å². The van der Waals surface area contributed by atoms with Gasteiger partial charge in [-0.15, -0.1) is 0 Å². The zero-order chi connectivity index (χ0) is 4.41. The number of hydrogen-bond donors (Lipinski definition) is 1. The Morgan fingerprint density at radius 1 is 1.17 bits per heavy atom. The Morgan fingerprint density at radius 3 is 1.83 bits per heavy atom. The molecule has 1 N–H and O–H groups in total. The predicted octanol–water partition coefficient (Wildman–Crippen LogP) is -0.543. The lowest BCUT2D eigenvalue weighted by molar-refractivity contribution is -0.839. The molecule has 1 heterocycles. The summed E-state index contributed by atoms with van der Waals surface area (Å²) in [4.78, 5) is 1.45. The molecule has 0 amide bonds. The van der Waals surface area contributed by atoms with Crippen LogP contribution in [-0.2, 0) is 0 Å². The highest BCUT2D eigenvalue weighted by Gasteiger charge is 2.02. The Labute approximate surface area is 39.0 Å². The summed E-state index contributed by atoms with van der Waals surface area (Å²) in [6.45, 7) is 2.58. The molecule has 36 valence electrons. The van der Waals surface area contributed by atoms with E-state index in [1.54, 1.807) is 0 Å². The van der Waals surface area contributed by atoms with Gasteiger partial charge in [-0.1, -0.05) is 0 Å². The first-order valence-electron chi connectivity index (χ1n) is 2.56. The van der Waals surface area contributed by atoms with Crippen LogP contribution in [0.15, 0.2) is 0 Å². The molecule has 1 aliphatic heterocycles. The van der Waals surface area contributed by atoms with Crippen molar-refractivity contribution in [2.45, 2.75) is 12.8 Å². The Balaban J connectivity index is 2.18. The third-order valence-corrected chi connectivity index (χ3v) is 1.31. The molecule has 0 radical (unpaired) electrons. The minimum atomic E-state index is 1.29. The van der Waals surface area contributed by atoms with Gasteiger partial charge in [0, 0.05) is 0 Å². The van der Waals surface area contributed by atoms with Crippen molar-refractivity contribution in [2.75, 3.05) is 13.1 Å². The molecule has 1 saturated heterocycles. The molecule has 0 bridgehead atoms. The summed E-state index contributed by atoms with van der Waals surface area (Å²) in [7, 11) is 3.85. The van der Waals surface area contributed by atoms with E-state index >= 15 is 0 Å². The summed E-state index contributed by atoms with van der Waals surface area (Å²) in [5.41, 5.74) is 0. The highest BCUT2D eigenvalue weighted by Crippen LogP contribution is 1.85. The van der Waals surface area contributed by atoms with Gasteiger partial charge in [0.15, 0.2) is 0 Å². The fourth-order valence-electron chi connectivity index (χ4n) is 0.875. The van der Waals surface area contributed by atoms with Crippen LogP contribution in [0.2, 0.25) is 0 Å². The van der Waals surface area contributed by atoms with Crippen LogP contribution in [-0.4, -0.2) is 13.1 Å². The van der Waals surface area contributed by atoms with Gasteiger partial charge in [-0.3, -0.25) is 0 Å². The zero-order valence-electron chi connectivity index (χ0n) is 4.04. The van der Waals surface area contributed by atoms with E-state index in [9.17, 15) is 0 Å². The van der Waals surface area contributed by atoms with Crippen LogP contribution in [0.4, 0.5) is 0 Å². The van der Waals surface area contributed by atoms with Crippen LogP contribution >= 0.6 is 0 Å². The third kappa shape index (κ3) is 0.716. The minimum Gasteiger partial charge on any atom is -0.468 e. The fourth-order valence-corrected chi connectivity index (χ4v) is 0.875. The van der Waals surface area contributed by atoms with Crippen molar-refractivity contribution in [3.8, 4) is 0 Å². The van der Waals surface area contributed by atoms with Gasteiger partial charge in [-0.25, -0.2) is 0 Å². The van der Waals surface area contributed by atoms with Crippen molar-refractivity contribution in [3.05, 3.63) is 7.05 Å². The summed E-state index contributed by atoms with van der Waals surface area (Å²) in [5.74, 6) is 0. The van der Waals surface area contributed by atoms with Crippen LogP contribution in [0.25, 0.3) is 0 Å². The van der Waals surface area contributed by atoms with Gasteiger partial charge in [-0.05, 0) is 12.8 Å². The SMILES string of the molecule is [CH2-][NH+]1CCCC1. The number of nitrogens with one attached hydrogen (secondary N) is 1. The van der Waals surface area contributed by atoms with E-state index in [4.69, 9.17) is 0 Å². The van der Waals surface area contributed by atoms with Crippen molar-refractivity contribution < 1.29 is 4.90 Å². The first-order valence-corrected chi connectivity index (χ1v) is 2.56. The predicted molar refractivity (Wildman–Crippen MR) is 25.3 cm³/mol. The fraction of sp³-hybridized carbons (Fsp3) is 0.800. The van der Waals surface area contributed by atoms with Crippen molar-refractivity contribution >= 4 is 0 Å².